The van der Waals surface area contributed by atoms with Gasteiger partial charge in [0, 0.05) is 19.2 Å². The summed E-state index contributed by atoms with van der Waals surface area (Å²) in [6.07, 6.45) is 2.17. The molecule has 1 fully saturated rings. The zero-order valence-corrected chi connectivity index (χ0v) is 8.52. The highest BCUT2D eigenvalue weighted by Gasteiger charge is 2.30. The van der Waals surface area contributed by atoms with Gasteiger partial charge in [0.1, 0.15) is 0 Å². The second kappa shape index (κ2) is 3.96. The quantitative estimate of drug-likeness (QED) is 0.731. The minimum atomic E-state index is 0.115. The molecular formula is C9H11N3OS. The van der Waals surface area contributed by atoms with Gasteiger partial charge in [-0.3, -0.25) is 9.69 Å². The molecule has 14 heavy (non-hydrogen) atoms. The van der Waals surface area contributed by atoms with Crippen LogP contribution in [0, 0.1) is 5.92 Å². The zero-order valence-electron chi connectivity index (χ0n) is 7.63. The largest absolute Gasteiger partial charge is 0.295 e. The number of hydrogen-bond donors (Lipinski definition) is 1. The van der Waals surface area contributed by atoms with E-state index in [4.69, 9.17) is 0 Å². The van der Waals surface area contributed by atoms with E-state index in [1.54, 1.807) is 23.2 Å². The summed E-state index contributed by atoms with van der Waals surface area (Å²) >= 11 is 4.19. The van der Waals surface area contributed by atoms with Gasteiger partial charge in [-0.15, -0.1) is 5.10 Å². The van der Waals surface area contributed by atoms with Gasteiger partial charge < -0.3 is 0 Å². The molecule has 0 radical (unpaired) electrons. The van der Waals surface area contributed by atoms with E-state index < -0.39 is 0 Å². The van der Waals surface area contributed by atoms with Gasteiger partial charge in [-0.1, -0.05) is 0 Å². The van der Waals surface area contributed by atoms with Crippen molar-refractivity contribution in [2.75, 3.05) is 17.2 Å². The van der Waals surface area contributed by atoms with Crippen molar-refractivity contribution in [1.29, 1.82) is 0 Å². The summed E-state index contributed by atoms with van der Waals surface area (Å²) in [6, 6.07) is 3.58. The monoisotopic (exact) mass is 209 g/mol. The van der Waals surface area contributed by atoms with Gasteiger partial charge in [0.05, 0.1) is 0 Å². The maximum Gasteiger partial charge on any atom is 0.228 e. The fourth-order valence-electron chi connectivity index (χ4n) is 1.56. The lowest BCUT2D eigenvalue weighted by Crippen LogP contribution is -2.25. The smallest absolute Gasteiger partial charge is 0.228 e. The standard InChI is InChI=1S/C9H11N3OS/c13-9-4-7(6-14)5-12(9)8-2-1-3-10-11-8/h1-3,7,14H,4-6H2. The average Bonchev–Trinajstić information content (AvgIpc) is 2.61. The van der Waals surface area contributed by atoms with Gasteiger partial charge in [-0.05, 0) is 23.8 Å². The minimum Gasteiger partial charge on any atom is -0.295 e. The van der Waals surface area contributed by atoms with E-state index >= 15 is 0 Å². The molecular weight excluding hydrogens is 198 g/mol. The number of hydrogen-bond acceptors (Lipinski definition) is 4. The predicted molar refractivity (Wildman–Crippen MR) is 56.3 cm³/mol. The third-order valence-electron chi connectivity index (χ3n) is 2.30. The Labute approximate surface area is 87.7 Å². The number of aromatic nitrogens is 2. The van der Waals surface area contributed by atoms with E-state index in [2.05, 4.69) is 22.8 Å². The second-order valence-electron chi connectivity index (χ2n) is 3.34. The molecule has 1 unspecified atom stereocenters. The molecule has 1 saturated heterocycles. The Kier molecular flexibility index (Phi) is 2.67. The van der Waals surface area contributed by atoms with E-state index in [1.165, 1.54) is 0 Å². The Morgan fingerprint density at radius 1 is 1.64 bits per heavy atom. The van der Waals surface area contributed by atoms with Crippen LogP contribution in [0.2, 0.25) is 0 Å². The van der Waals surface area contributed by atoms with Crippen LogP contribution < -0.4 is 4.90 Å². The molecule has 0 spiro atoms. The molecule has 0 saturated carbocycles. The summed E-state index contributed by atoms with van der Waals surface area (Å²) in [5.74, 6) is 1.84. The van der Waals surface area contributed by atoms with Crippen molar-refractivity contribution in [3.8, 4) is 0 Å². The predicted octanol–water partition coefficient (Wildman–Crippen LogP) is 0.759. The van der Waals surface area contributed by atoms with Gasteiger partial charge in [0.15, 0.2) is 5.82 Å². The van der Waals surface area contributed by atoms with Crippen molar-refractivity contribution in [3.05, 3.63) is 18.3 Å². The normalized spacial score (nSPS) is 21.6. The molecule has 74 valence electrons. The summed E-state index contributed by atoms with van der Waals surface area (Å²) in [5, 5.41) is 7.66. The molecule has 1 aromatic heterocycles. The molecule has 2 rings (SSSR count). The number of rotatable bonds is 2. The van der Waals surface area contributed by atoms with Gasteiger partial charge in [-0.25, -0.2) is 0 Å². The molecule has 1 aromatic rings. The van der Waals surface area contributed by atoms with Crippen LogP contribution in [0.15, 0.2) is 18.3 Å². The van der Waals surface area contributed by atoms with E-state index in [9.17, 15) is 4.79 Å². The Morgan fingerprint density at radius 2 is 2.50 bits per heavy atom. The lowest BCUT2D eigenvalue weighted by atomic mass is 10.1. The van der Waals surface area contributed by atoms with Crippen molar-refractivity contribution >= 4 is 24.4 Å². The molecule has 1 amide bonds. The van der Waals surface area contributed by atoms with Crippen LogP contribution in [-0.4, -0.2) is 28.4 Å². The summed E-state index contributed by atoms with van der Waals surface area (Å²) in [4.78, 5) is 13.2. The molecule has 5 heteroatoms. The molecule has 0 N–H and O–H groups in total. The first-order valence-corrected chi connectivity index (χ1v) is 5.13. The topological polar surface area (TPSA) is 46.1 Å². The number of anilines is 1. The molecule has 1 aliphatic rings. The Bertz CT molecular complexity index is 330. The highest BCUT2D eigenvalue weighted by atomic mass is 32.1. The zero-order chi connectivity index (χ0) is 9.97. The molecule has 0 aromatic carbocycles. The minimum absolute atomic E-state index is 0.115. The first-order valence-electron chi connectivity index (χ1n) is 4.50. The van der Waals surface area contributed by atoms with Gasteiger partial charge >= 0.3 is 0 Å². The van der Waals surface area contributed by atoms with Crippen LogP contribution in [-0.2, 0) is 4.79 Å². The van der Waals surface area contributed by atoms with Crippen LogP contribution in [0.5, 0.6) is 0 Å². The van der Waals surface area contributed by atoms with E-state index in [-0.39, 0.29) is 5.91 Å². The molecule has 2 heterocycles. The third kappa shape index (κ3) is 1.72. The average molecular weight is 209 g/mol. The molecule has 4 nitrogen and oxygen atoms in total. The number of amides is 1. The first kappa shape index (κ1) is 9.45. The molecule has 1 atom stereocenters. The third-order valence-corrected chi connectivity index (χ3v) is 2.81. The van der Waals surface area contributed by atoms with Crippen molar-refractivity contribution in [2.45, 2.75) is 6.42 Å². The SMILES string of the molecule is O=C1CC(CS)CN1c1cccnn1. The van der Waals surface area contributed by atoms with Crippen LogP contribution in [0.4, 0.5) is 5.82 Å². The number of carbonyl (C=O) groups is 1. The highest BCUT2D eigenvalue weighted by Crippen LogP contribution is 2.23. The van der Waals surface area contributed by atoms with Crippen molar-refractivity contribution < 1.29 is 4.79 Å². The maximum absolute atomic E-state index is 11.6. The molecule has 0 aliphatic carbocycles. The maximum atomic E-state index is 11.6. The van der Waals surface area contributed by atoms with Crippen LogP contribution in [0.1, 0.15) is 6.42 Å². The Balaban J connectivity index is 2.17. The highest BCUT2D eigenvalue weighted by molar-refractivity contribution is 7.80. The van der Waals surface area contributed by atoms with Crippen molar-refractivity contribution in [3.63, 3.8) is 0 Å². The van der Waals surface area contributed by atoms with Crippen LogP contribution >= 0.6 is 12.6 Å². The van der Waals surface area contributed by atoms with Gasteiger partial charge in [-0.2, -0.15) is 17.7 Å². The Hall–Kier alpha value is -1.10. The van der Waals surface area contributed by atoms with Crippen molar-refractivity contribution in [2.24, 2.45) is 5.92 Å². The Morgan fingerprint density at radius 3 is 3.07 bits per heavy atom. The summed E-state index contributed by atoms with van der Waals surface area (Å²) in [5.41, 5.74) is 0. The van der Waals surface area contributed by atoms with Crippen LogP contribution in [0.25, 0.3) is 0 Å². The van der Waals surface area contributed by atoms with Gasteiger partial charge in [0.2, 0.25) is 5.91 Å². The molecule has 1 aliphatic heterocycles. The fraction of sp³-hybridized carbons (Fsp3) is 0.444. The van der Waals surface area contributed by atoms with E-state index in [0.29, 0.717) is 24.7 Å². The van der Waals surface area contributed by atoms with Crippen LogP contribution in [0.3, 0.4) is 0 Å². The summed E-state index contributed by atoms with van der Waals surface area (Å²) in [6.45, 7) is 0.709. The van der Waals surface area contributed by atoms with E-state index in [0.717, 1.165) is 5.75 Å². The lowest BCUT2D eigenvalue weighted by Gasteiger charge is -2.13. The summed E-state index contributed by atoms with van der Waals surface area (Å²) in [7, 11) is 0. The number of carbonyl (C=O) groups excluding carboxylic acids is 1. The fourth-order valence-corrected chi connectivity index (χ4v) is 1.81. The van der Waals surface area contributed by atoms with E-state index in [1.807, 2.05) is 0 Å². The lowest BCUT2D eigenvalue weighted by molar-refractivity contribution is -0.117. The summed E-state index contributed by atoms with van der Waals surface area (Å²) < 4.78 is 0. The number of thiol groups is 1. The van der Waals surface area contributed by atoms with Gasteiger partial charge in [0.25, 0.3) is 0 Å². The molecule has 0 bridgehead atoms. The second-order valence-corrected chi connectivity index (χ2v) is 3.70. The van der Waals surface area contributed by atoms with Crippen molar-refractivity contribution in [1.82, 2.24) is 10.2 Å². The first-order chi connectivity index (χ1) is 6.81. The number of nitrogens with zero attached hydrogens (tertiary/aromatic N) is 3.